The highest BCUT2D eigenvalue weighted by Gasteiger charge is 2.30. The van der Waals surface area contributed by atoms with E-state index in [1.54, 1.807) is 13.8 Å². The average molecular weight is 417 g/mol. The van der Waals surface area contributed by atoms with E-state index in [2.05, 4.69) is 5.32 Å². The molecule has 0 atom stereocenters. The summed E-state index contributed by atoms with van der Waals surface area (Å²) in [6, 6.07) is 13.4. The predicted octanol–water partition coefficient (Wildman–Crippen LogP) is 3.76. The zero-order valence-corrected chi connectivity index (χ0v) is 19.1. The highest BCUT2D eigenvalue weighted by atomic mass is 32.2. The molecular formula is C23H32N2O3S. The smallest absolute Gasteiger partial charge is 0.244 e. The number of aryl methyl sites for hydroxylation is 3. The molecule has 0 bridgehead atoms. The number of nitrogens with one attached hydrogen (secondary N) is 1. The standard InChI is InChI=1S/C23H32N2O3S/c1-17-14-18(2)22(19(3)15-17)29(27,28)25(16-21(26)24-23(4,5)6)13-12-20-10-8-7-9-11-20/h7-11,14-15H,12-13,16H2,1-6H3,(H,24,26). The number of hydrogen-bond donors (Lipinski definition) is 1. The van der Waals surface area contributed by atoms with Crippen LogP contribution in [0.15, 0.2) is 47.4 Å². The van der Waals surface area contributed by atoms with Crippen molar-refractivity contribution >= 4 is 15.9 Å². The van der Waals surface area contributed by atoms with Gasteiger partial charge in [-0.3, -0.25) is 4.79 Å². The van der Waals surface area contributed by atoms with E-state index in [1.165, 1.54) is 4.31 Å². The summed E-state index contributed by atoms with van der Waals surface area (Å²) in [6.07, 6.45) is 0.535. The number of hydrogen-bond acceptors (Lipinski definition) is 3. The molecule has 0 radical (unpaired) electrons. The van der Waals surface area contributed by atoms with Gasteiger partial charge in [-0.05, 0) is 64.7 Å². The summed E-state index contributed by atoms with van der Waals surface area (Å²) in [5.41, 5.74) is 3.01. The van der Waals surface area contributed by atoms with Gasteiger partial charge in [-0.2, -0.15) is 4.31 Å². The molecule has 0 saturated carbocycles. The molecule has 1 N–H and O–H groups in total. The molecule has 0 aliphatic rings. The molecule has 0 unspecified atom stereocenters. The van der Waals surface area contributed by atoms with Crippen LogP contribution >= 0.6 is 0 Å². The van der Waals surface area contributed by atoms with Crippen LogP contribution in [0.2, 0.25) is 0 Å². The number of rotatable bonds is 7. The van der Waals surface area contributed by atoms with Crippen molar-refractivity contribution in [1.29, 1.82) is 0 Å². The Labute approximate surface area is 175 Å². The molecule has 29 heavy (non-hydrogen) atoms. The minimum absolute atomic E-state index is 0.209. The third-order valence-electron chi connectivity index (χ3n) is 4.53. The van der Waals surface area contributed by atoms with Crippen molar-refractivity contribution in [1.82, 2.24) is 9.62 Å². The molecule has 0 fully saturated rings. The Morgan fingerprint density at radius 1 is 1.00 bits per heavy atom. The van der Waals surface area contributed by atoms with Gasteiger partial charge in [0.1, 0.15) is 0 Å². The zero-order valence-electron chi connectivity index (χ0n) is 18.2. The van der Waals surface area contributed by atoms with E-state index in [9.17, 15) is 13.2 Å². The quantitative estimate of drug-likeness (QED) is 0.747. The van der Waals surface area contributed by atoms with Crippen LogP contribution in [0.4, 0.5) is 0 Å². The first-order chi connectivity index (χ1) is 13.4. The van der Waals surface area contributed by atoms with E-state index >= 15 is 0 Å². The molecule has 1 amide bonds. The Kier molecular flexibility index (Phi) is 7.25. The Morgan fingerprint density at radius 2 is 1.55 bits per heavy atom. The van der Waals surface area contributed by atoms with Crippen LogP contribution in [-0.4, -0.2) is 37.3 Å². The van der Waals surface area contributed by atoms with E-state index in [4.69, 9.17) is 0 Å². The van der Waals surface area contributed by atoms with Crippen LogP contribution < -0.4 is 5.32 Å². The van der Waals surface area contributed by atoms with Gasteiger partial charge in [0.05, 0.1) is 11.4 Å². The number of sulfonamides is 1. The van der Waals surface area contributed by atoms with Gasteiger partial charge < -0.3 is 5.32 Å². The van der Waals surface area contributed by atoms with Crippen LogP contribution in [0, 0.1) is 20.8 Å². The topological polar surface area (TPSA) is 66.5 Å². The van der Waals surface area contributed by atoms with Gasteiger partial charge in [0, 0.05) is 12.1 Å². The highest BCUT2D eigenvalue weighted by Crippen LogP contribution is 2.25. The van der Waals surface area contributed by atoms with Crippen LogP contribution in [0.5, 0.6) is 0 Å². The fraction of sp³-hybridized carbons (Fsp3) is 0.435. The Hall–Kier alpha value is -2.18. The van der Waals surface area contributed by atoms with E-state index in [-0.39, 0.29) is 19.0 Å². The first kappa shape index (κ1) is 23.1. The molecule has 6 heteroatoms. The van der Waals surface area contributed by atoms with Crippen molar-refractivity contribution in [2.75, 3.05) is 13.1 Å². The van der Waals surface area contributed by atoms with E-state index < -0.39 is 15.6 Å². The first-order valence-electron chi connectivity index (χ1n) is 9.83. The summed E-state index contributed by atoms with van der Waals surface area (Å²) in [7, 11) is -3.83. The summed E-state index contributed by atoms with van der Waals surface area (Å²) in [6.45, 7) is 11.2. The van der Waals surface area contributed by atoms with Gasteiger partial charge >= 0.3 is 0 Å². The summed E-state index contributed by atoms with van der Waals surface area (Å²) in [4.78, 5) is 12.9. The second-order valence-electron chi connectivity index (χ2n) is 8.60. The molecule has 158 valence electrons. The van der Waals surface area contributed by atoms with Gasteiger partial charge in [-0.1, -0.05) is 48.0 Å². The maximum atomic E-state index is 13.6. The van der Waals surface area contributed by atoms with E-state index in [0.29, 0.717) is 22.4 Å². The molecule has 2 rings (SSSR count). The lowest BCUT2D eigenvalue weighted by molar-refractivity contribution is -0.122. The van der Waals surface area contributed by atoms with Gasteiger partial charge in [0.15, 0.2) is 0 Å². The second kappa shape index (κ2) is 9.09. The second-order valence-corrected chi connectivity index (χ2v) is 10.5. The molecular weight excluding hydrogens is 384 g/mol. The average Bonchev–Trinajstić information content (AvgIpc) is 2.56. The molecule has 5 nitrogen and oxygen atoms in total. The van der Waals surface area contributed by atoms with Crippen LogP contribution in [0.3, 0.4) is 0 Å². The number of carbonyl (C=O) groups is 1. The highest BCUT2D eigenvalue weighted by molar-refractivity contribution is 7.89. The minimum atomic E-state index is -3.83. The van der Waals surface area contributed by atoms with Gasteiger partial charge in [0.25, 0.3) is 0 Å². The van der Waals surface area contributed by atoms with Crippen LogP contribution in [-0.2, 0) is 21.2 Å². The predicted molar refractivity (Wildman–Crippen MR) is 117 cm³/mol. The van der Waals surface area contributed by atoms with Crippen LogP contribution in [0.25, 0.3) is 0 Å². The Morgan fingerprint density at radius 3 is 2.07 bits per heavy atom. The molecule has 0 aromatic heterocycles. The molecule has 0 aliphatic heterocycles. The molecule has 0 saturated heterocycles. The molecule has 2 aromatic rings. The number of amides is 1. The number of carbonyl (C=O) groups excluding carboxylic acids is 1. The fourth-order valence-electron chi connectivity index (χ4n) is 3.50. The molecule has 0 aliphatic carbocycles. The van der Waals surface area contributed by atoms with Crippen molar-refractivity contribution in [3.05, 3.63) is 64.7 Å². The van der Waals surface area contributed by atoms with Crippen molar-refractivity contribution in [3.63, 3.8) is 0 Å². The number of benzene rings is 2. The lowest BCUT2D eigenvalue weighted by Crippen LogP contribution is -2.47. The lowest BCUT2D eigenvalue weighted by Gasteiger charge is -2.26. The largest absolute Gasteiger partial charge is 0.350 e. The molecule has 0 heterocycles. The van der Waals surface area contributed by atoms with E-state index in [1.807, 2.05) is 70.2 Å². The monoisotopic (exact) mass is 416 g/mol. The van der Waals surface area contributed by atoms with Crippen molar-refractivity contribution in [2.45, 2.75) is 58.4 Å². The van der Waals surface area contributed by atoms with Crippen molar-refractivity contribution in [2.24, 2.45) is 0 Å². The Balaban J connectivity index is 2.38. The Bertz CT molecular complexity index is 938. The van der Waals surface area contributed by atoms with Gasteiger partial charge in [-0.15, -0.1) is 0 Å². The van der Waals surface area contributed by atoms with Crippen molar-refractivity contribution < 1.29 is 13.2 Å². The molecule has 0 spiro atoms. The minimum Gasteiger partial charge on any atom is -0.350 e. The van der Waals surface area contributed by atoms with Gasteiger partial charge in [-0.25, -0.2) is 8.42 Å². The van der Waals surface area contributed by atoms with E-state index in [0.717, 1.165) is 11.1 Å². The summed E-state index contributed by atoms with van der Waals surface area (Å²) >= 11 is 0. The van der Waals surface area contributed by atoms with Crippen LogP contribution in [0.1, 0.15) is 43.0 Å². The third kappa shape index (κ3) is 6.41. The van der Waals surface area contributed by atoms with Gasteiger partial charge in [0.2, 0.25) is 15.9 Å². The SMILES string of the molecule is Cc1cc(C)c(S(=O)(=O)N(CCc2ccccc2)CC(=O)NC(C)(C)C)c(C)c1. The molecule has 2 aromatic carbocycles. The first-order valence-corrected chi connectivity index (χ1v) is 11.3. The summed E-state index contributed by atoms with van der Waals surface area (Å²) in [5, 5.41) is 2.86. The maximum absolute atomic E-state index is 13.6. The summed E-state index contributed by atoms with van der Waals surface area (Å²) < 4.78 is 28.4. The fourth-order valence-corrected chi connectivity index (χ4v) is 5.31. The maximum Gasteiger partial charge on any atom is 0.244 e. The third-order valence-corrected chi connectivity index (χ3v) is 6.68. The zero-order chi connectivity index (χ0) is 21.8. The summed E-state index contributed by atoms with van der Waals surface area (Å²) in [5.74, 6) is -0.309. The normalized spacial score (nSPS) is 12.2. The van der Waals surface area contributed by atoms with Crippen molar-refractivity contribution in [3.8, 4) is 0 Å². The number of nitrogens with zero attached hydrogens (tertiary/aromatic N) is 1. The lowest BCUT2D eigenvalue weighted by atomic mass is 10.1.